The van der Waals surface area contributed by atoms with Crippen LogP contribution in [0.4, 0.5) is 0 Å². The minimum Gasteiger partial charge on any atom is -0.326 e. The Balaban J connectivity index is 2.17. The number of hydrogen-bond acceptors (Lipinski definition) is 3. The normalized spacial score (nSPS) is 21.6. The summed E-state index contributed by atoms with van der Waals surface area (Å²) in [5.74, 6) is 0. The summed E-state index contributed by atoms with van der Waals surface area (Å²) in [6.45, 7) is 6.69. The van der Waals surface area contributed by atoms with E-state index in [2.05, 4.69) is 30.9 Å². The molecular formula is C11H18N2S. The fraction of sp³-hybridized carbons (Fsp3) is 0.636. The highest BCUT2D eigenvalue weighted by molar-refractivity contribution is 7.12. The maximum atomic E-state index is 6.05. The third-order valence-corrected chi connectivity index (χ3v) is 3.91. The van der Waals surface area contributed by atoms with Crippen LogP contribution in [0.15, 0.2) is 12.1 Å². The van der Waals surface area contributed by atoms with Crippen molar-refractivity contribution in [3.8, 4) is 0 Å². The van der Waals surface area contributed by atoms with Crippen LogP contribution in [0.5, 0.6) is 0 Å². The van der Waals surface area contributed by atoms with Crippen LogP contribution in [-0.2, 0) is 0 Å². The van der Waals surface area contributed by atoms with Gasteiger partial charge in [-0.2, -0.15) is 0 Å². The Morgan fingerprint density at radius 1 is 1.43 bits per heavy atom. The molecule has 78 valence electrons. The molecule has 0 amide bonds. The lowest BCUT2D eigenvalue weighted by Gasteiger charge is -2.39. The van der Waals surface area contributed by atoms with E-state index in [1.807, 2.05) is 11.3 Å². The number of aryl methyl sites for hydroxylation is 1. The third-order valence-electron chi connectivity index (χ3n) is 2.83. The zero-order valence-electron chi connectivity index (χ0n) is 8.86. The molecule has 1 aliphatic rings. The Hall–Kier alpha value is -0.380. The molecule has 2 atom stereocenters. The first-order valence-electron chi connectivity index (χ1n) is 5.24. The van der Waals surface area contributed by atoms with Crippen LogP contribution < -0.4 is 5.73 Å². The van der Waals surface area contributed by atoms with E-state index in [0.29, 0.717) is 6.04 Å². The zero-order chi connectivity index (χ0) is 10.1. The lowest BCUT2D eigenvalue weighted by atomic mass is 10.0. The average Bonchev–Trinajstić information content (AvgIpc) is 2.42. The van der Waals surface area contributed by atoms with Crippen molar-refractivity contribution in [3.05, 3.63) is 21.9 Å². The molecule has 1 aromatic heterocycles. The van der Waals surface area contributed by atoms with Crippen molar-refractivity contribution in [3.63, 3.8) is 0 Å². The monoisotopic (exact) mass is 210 g/mol. The van der Waals surface area contributed by atoms with Gasteiger partial charge < -0.3 is 5.73 Å². The van der Waals surface area contributed by atoms with Gasteiger partial charge in [-0.1, -0.05) is 0 Å². The number of thiophene rings is 1. The molecule has 2 N–H and O–H groups in total. The lowest BCUT2D eigenvalue weighted by Crippen LogP contribution is -2.46. The molecule has 0 aliphatic carbocycles. The Bertz CT molecular complexity index is 302. The summed E-state index contributed by atoms with van der Waals surface area (Å²) >= 11 is 1.88. The molecule has 0 aromatic carbocycles. The van der Waals surface area contributed by atoms with E-state index in [-0.39, 0.29) is 6.04 Å². The van der Waals surface area contributed by atoms with Crippen LogP contribution in [0.25, 0.3) is 0 Å². The standard InChI is InChI=1S/C11H18N2S/c1-8-4-5-10(14-8)11(9(2)12)13-6-3-7-13/h4-5,9,11H,3,6-7,12H2,1-2H3. The fourth-order valence-corrected chi connectivity index (χ4v) is 3.13. The second kappa shape index (κ2) is 4.01. The summed E-state index contributed by atoms with van der Waals surface area (Å²) in [6, 6.07) is 5.09. The summed E-state index contributed by atoms with van der Waals surface area (Å²) in [5.41, 5.74) is 6.05. The highest BCUT2D eigenvalue weighted by Gasteiger charge is 2.28. The van der Waals surface area contributed by atoms with Crippen molar-refractivity contribution in [2.75, 3.05) is 13.1 Å². The number of nitrogens with two attached hydrogens (primary N) is 1. The first-order chi connectivity index (χ1) is 6.68. The fourth-order valence-electron chi connectivity index (χ4n) is 2.00. The molecule has 14 heavy (non-hydrogen) atoms. The van der Waals surface area contributed by atoms with Gasteiger partial charge in [-0.15, -0.1) is 11.3 Å². The first-order valence-corrected chi connectivity index (χ1v) is 6.06. The van der Waals surface area contributed by atoms with Gasteiger partial charge in [0.25, 0.3) is 0 Å². The van der Waals surface area contributed by atoms with Gasteiger partial charge in [0.15, 0.2) is 0 Å². The minimum absolute atomic E-state index is 0.230. The van der Waals surface area contributed by atoms with E-state index in [0.717, 1.165) is 0 Å². The lowest BCUT2D eigenvalue weighted by molar-refractivity contribution is 0.106. The molecule has 1 fully saturated rings. The molecule has 0 bridgehead atoms. The summed E-state index contributed by atoms with van der Waals surface area (Å²) < 4.78 is 0. The molecule has 1 aromatic rings. The number of nitrogens with zero attached hydrogens (tertiary/aromatic N) is 1. The molecule has 0 saturated carbocycles. The third kappa shape index (κ3) is 1.85. The van der Waals surface area contributed by atoms with Crippen LogP contribution >= 0.6 is 11.3 Å². The zero-order valence-corrected chi connectivity index (χ0v) is 9.68. The van der Waals surface area contributed by atoms with Crippen LogP contribution in [-0.4, -0.2) is 24.0 Å². The maximum Gasteiger partial charge on any atom is 0.0590 e. The van der Waals surface area contributed by atoms with Gasteiger partial charge in [-0.3, -0.25) is 4.90 Å². The molecular weight excluding hydrogens is 192 g/mol. The second-order valence-corrected chi connectivity index (χ2v) is 5.46. The van der Waals surface area contributed by atoms with E-state index < -0.39 is 0 Å². The van der Waals surface area contributed by atoms with Crippen molar-refractivity contribution in [1.82, 2.24) is 4.90 Å². The predicted octanol–water partition coefficient (Wildman–Crippen LogP) is 2.15. The van der Waals surface area contributed by atoms with E-state index in [9.17, 15) is 0 Å². The molecule has 2 nitrogen and oxygen atoms in total. The van der Waals surface area contributed by atoms with Gasteiger partial charge >= 0.3 is 0 Å². The maximum absolute atomic E-state index is 6.05. The van der Waals surface area contributed by atoms with E-state index in [4.69, 9.17) is 5.73 Å². The summed E-state index contributed by atoms with van der Waals surface area (Å²) in [6.07, 6.45) is 1.33. The van der Waals surface area contributed by atoms with Crippen molar-refractivity contribution in [2.45, 2.75) is 32.4 Å². The van der Waals surface area contributed by atoms with Crippen LogP contribution in [0.3, 0.4) is 0 Å². The van der Waals surface area contributed by atoms with Gasteiger partial charge in [0.1, 0.15) is 0 Å². The highest BCUT2D eigenvalue weighted by atomic mass is 32.1. The quantitative estimate of drug-likeness (QED) is 0.828. The first kappa shape index (κ1) is 10.1. The van der Waals surface area contributed by atoms with Gasteiger partial charge in [-0.25, -0.2) is 0 Å². The number of rotatable bonds is 3. The summed E-state index contributed by atoms with van der Waals surface area (Å²) in [5, 5.41) is 0. The van der Waals surface area contributed by atoms with Crippen molar-refractivity contribution >= 4 is 11.3 Å². The van der Waals surface area contributed by atoms with E-state index >= 15 is 0 Å². The minimum atomic E-state index is 0.230. The van der Waals surface area contributed by atoms with Crippen LogP contribution in [0, 0.1) is 6.92 Å². The van der Waals surface area contributed by atoms with Crippen molar-refractivity contribution in [1.29, 1.82) is 0 Å². The number of hydrogen-bond donors (Lipinski definition) is 1. The Labute approximate surface area is 89.7 Å². The van der Waals surface area contributed by atoms with Gasteiger partial charge in [0.2, 0.25) is 0 Å². The highest BCUT2D eigenvalue weighted by Crippen LogP contribution is 2.32. The molecule has 2 heterocycles. The van der Waals surface area contributed by atoms with E-state index in [1.165, 1.54) is 29.3 Å². The predicted molar refractivity (Wildman–Crippen MR) is 61.6 cm³/mol. The summed E-state index contributed by atoms with van der Waals surface area (Å²) in [7, 11) is 0. The number of likely N-dealkylation sites (tertiary alicyclic amines) is 1. The molecule has 1 saturated heterocycles. The largest absolute Gasteiger partial charge is 0.326 e. The van der Waals surface area contributed by atoms with Crippen molar-refractivity contribution in [2.24, 2.45) is 5.73 Å². The molecule has 1 aliphatic heterocycles. The summed E-state index contributed by atoms with van der Waals surface area (Å²) in [4.78, 5) is 5.29. The Morgan fingerprint density at radius 2 is 2.14 bits per heavy atom. The molecule has 0 spiro atoms. The van der Waals surface area contributed by atoms with Gasteiger partial charge in [-0.05, 0) is 32.4 Å². The molecule has 2 rings (SSSR count). The molecule has 2 unspecified atom stereocenters. The SMILES string of the molecule is Cc1ccc(C(C(C)N)N2CCC2)s1. The van der Waals surface area contributed by atoms with Gasteiger partial charge in [0, 0.05) is 28.9 Å². The molecule has 0 radical (unpaired) electrons. The average molecular weight is 210 g/mol. The van der Waals surface area contributed by atoms with Crippen molar-refractivity contribution < 1.29 is 0 Å². The van der Waals surface area contributed by atoms with Crippen LogP contribution in [0.1, 0.15) is 29.1 Å². The van der Waals surface area contributed by atoms with Gasteiger partial charge in [0.05, 0.1) is 6.04 Å². The Kier molecular flexibility index (Phi) is 2.91. The molecule has 3 heteroatoms. The Morgan fingerprint density at radius 3 is 2.50 bits per heavy atom. The second-order valence-electron chi connectivity index (χ2n) is 4.14. The van der Waals surface area contributed by atoms with Crippen LogP contribution in [0.2, 0.25) is 0 Å². The smallest absolute Gasteiger partial charge is 0.0590 e. The van der Waals surface area contributed by atoms with E-state index in [1.54, 1.807) is 0 Å². The topological polar surface area (TPSA) is 29.3 Å².